The predicted octanol–water partition coefficient (Wildman–Crippen LogP) is 2.15. The zero-order chi connectivity index (χ0) is 22.4. The third-order valence-electron chi connectivity index (χ3n) is 4.76. The second-order valence-electron chi connectivity index (χ2n) is 7.08. The highest BCUT2D eigenvalue weighted by molar-refractivity contribution is 6.07. The summed E-state index contributed by atoms with van der Waals surface area (Å²) in [6.07, 6.45) is 0.311. The maximum Gasteiger partial charge on any atom is 0.324 e. The molecule has 0 aromatic heterocycles. The van der Waals surface area contributed by atoms with E-state index in [9.17, 15) is 19.2 Å². The molecule has 1 aliphatic heterocycles. The highest BCUT2D eigenvalue weighted by atomic mass is 16.5. The Kier molecular flexibility index (Phi) is 6.86. The summed E-state index contributed by atoms with van der Waals surface area (Å²) in [5.74, 6) is -0.761. The van der Waals surface area contributed by atoms with Gasteiger partial charge in [-0.2, -0.15) is 0 Å². The van der Waals surface area contributed by atoms with Crippen molar-refractivity contribution < 1.29 is 23.9 Å². The van der Waals surface area contributed by atoms with Crippen LogP contribution >= 0.6 is 0 Å². The van der Waals surface area contributed by atoms with Crippen molar-refractivity contribution in [3.8, 4) is 5.75 Å². The first-order chi connectivity index (χ1) is 14.9. The number of rotatable bonds is 8. The third kappa shape index (κ3) is 5.59. The summed E-state index contributed by atoms with van der Waals surface area (Å²) >= 11 is 0. The molecule has 0 unspecified atom stereocenters. The van der Waals surface area contributed by atoms with Gasteiger partial charge in [-0.1, -0.05) is 30.3 Å². The molecule has 0 radical (unpaired) electrons. The number of imide groups is 1. The number of urea groups is 1. The number of nitrogens with zero attached hydrogens (tertiary/aromatic N) is 1. The second-order valence-corrected chi connectivity index (χ2v) is 7.08. The summed E-state index contributed by atoms with van der Waals surface area (Å²) in [6, 6.07) is 12.9. The molecule has 1 aliphatic rings. The lowest BCUT2D eigenvalue weighted by molar-refractivity contribution is -0.129. The van der Waals surface area contributed by atoms with E-state index in [1.165, 1.54) is 14.0 Å². The van der Waals surface area contributed by atoms with Crippen molar-refractivity contribution in [1.82, 2.24) is 10.2 Å². The van der Waals surface area contributed by atoms with E-state index in [1.54, 1.807) is 18.2 Å². The van der Waals surface area contributed by atoms with E-state index >= 15 is 0 Å². The number of anilines is 2. The number of methoxy groups -OCH3 is 1. The fraction of sp³-hybridized carbons (Fsp3) is 0.273. The topological polar surface area (TPSA) is 117 Å². The summed E-state index contributed by atoms with van der Waals surface area (Å²) in [5, 5.41) is 7.86. The van der Waals surface area contributed by atoms with Crippen LogP contribution in [-0.2, 0) is 20.8 Å². The first-order valence-electron chi connectivity index (χ1n) is 9.78. The number of ether oxygens (including phenoxy) is 1. The molecule has 1 heterocycles. The van der Waals surface area contributed by atoms with Gasteiger partial charge in [0.25, 0.3) is 5.91 Å². The minimum atomic E-state index is -0.937. The molecule has 2 aromatic rings. The van der Waals surface area contributed by atoms with Crippen LogP contribution in [0.3, 0.4) is 0 Å². The smallest absolute Gasteiger partial charge is 0.324 e. The van der Waals surface area contributed by atoms with Gasteiger partial charge in [0.15, 0.2) is 0 Å². The van der Waals surface area contributed by atoms with E-state index in [2.05, 4.69) is 16.0 Å². The predicted molar refractivity (Wildman–Crippen MR) is 115 cm³/mol. The molecule has 1 fully saturated rings. The van der Waals surface area contributed by atoms with E-state index in [-0.39, 0.29) is 18.9 Å². The highest BCUT2D eigenvalue weighted by Crippen LogP contribution is 2.28. The van der Waals surface area contributed by atoms with Gasteiger partial charge < -0.3 is 20.7 Å². The van der Waals surface area contributed by atoms with Gasteiger partial charge in [-0.25, -0.2) is 4.79 Å². The number of nitrogens with one attached hydrogen (secondary N) is 3. The number of hydrogen-bond donors (Lipinski definition) is 3. The first kappa shape index (κ1) is 21.8. The molecule has 162 valence electrons. The maximum absolute atomic E-state index is 12.6. The summed E-state index contributed by atoms with van der Waals surface area (Å²) in [5.41, 5.74) is 1.84. The quantitative estimate of drug-likeness (QED) is 0.562. The summed E-state index contributed by atoms with van der Waals surface area (Å²) in [6.45, 7) is 1.61. The normalized spacial score (nSPS) is 15.4. The van der Waals surface area contributed by atoms with Gasteiger partial charge in [0.1, 0.15) is 11.8 Å². The Morgan fingerprint density at radius 1 is 1.10 bits per heavy atom. The van der Waals surface area contributed by atoms with Crippen LogP contribution in [0.1, 0.15) is 18.9 Å². The van der Waals surface area contributed by atoms with Crippen molar-refractivity contribution >= 4 is 35.1 Å². The summed E-state index contributed by atoms with van der Waals surface area (Å²) in [4.78, 5) is 49.7. The van der Waals surface area contributed by atoms with Crippen molar-refractivity contribution in [1.29, 1.82) is 0 Å². The molecule has 0 saturated carbocycles. The number of benzene rings is 2. The van der Waals surface area contributed by atoms with E-state index in [1.807, 2.05) is 30.3 Å². The molecular formula is C22H24N4O5. The Morgan fingerprint density at radius 3 is 2.52 bits per heavy atom. The van der Waals surface area contributed by atoms with Gasteiger partial charge in [-0.05, 0) is 30.2 Å². The van der Waals surface area contributed by atoms with Crippen LogP contribution in [0.25, 0.3) is 0 Å². The number of amides is 5. The molecule has 5 amide bonds. The maximum atomic E-state index is 12.6. The van der Waals surface area contributed by atoms with E-state index < -0.39 is 23.9 Å². The zero-order valence-electron chi connectivity index (χ0n) is 17.3. The molecule has 0 aliphatic carbocycles. The zero-order valence-corrected chi connectivity index (χ0v) is 17.3. The van der Waals surface area contributed by atoms with Crippen LogP contribution in [0, 0.1) is 0 Å². The van der Waals surface area contributed by atoms with Crippen LogP contribution in [-0.4, -0.2) is 48.3 Å². The lowest BCUT2D eigenvalue weighted by Gasteiger charge is -2.14. The largest absolute Gasteiger partial charge is 0.495 e. The summed E-state index contributed by atoms with van der Waals surface area (Å²) < 4.78 is 5.23. The Bertz CT molecular complexity index is 993. The van der Waals surface area contributed by atoms with Gasteiger partial charge in [-0.15, -0.1) is 0 Å². The van der Waals surface area contributed by atoms with Crippen LogP contribution in [0.5, 0.6) is 5.75 Å². The fourth-order valence-electron chi connectivity index (χ4n) is 3.29. The standard InChI is InChI=1S/C22H24N4O5/c1-14(27)23-16-8-9-19(31-2)17(12-16)24-20(28)13-18-21(29)26(22(30)25-18)11-10-15-6-4-3-5-7-15/h3-9,12,18H,10-11,13H2,1-2H3,(H,23,27)(H,24,28)(H,25,30)/t18-/m0/s1. The van der Waals surface area contributed by atoms with E-state index in [0.29, 0.717) is 23.5 Å². The monoisotopic (exact) mass is 424 g/mol. The van der Waals surface area contributed by atoms with Crippen molar-refractivity contribution in [2.24, 2.45) is 0 Å². The van der Waals surface area contributed by atoms with Gasteiger partial charge in [-0.3, -0.25) is 19.3 Å². The molecular weight excluding hydrogens is 400 g/mol. The van der Waals surface area contributed by atoms with Crippen LogP contribution in [0.15, 0.2) is 48.5 Å². The van der Waals surface area contributed by atoms with Gasteiger partial charge in [0, 0.05) is 19.2 Å². The molecule has 1 atom stereocenters. The Balaban J connectivity index is 1.61. The first-order valence-corrected chi connectivity index (χ1v) is 9.78. The lowest BCUT2D eigenvalue weighted by Crippen LogP contribution is -2.35. The molecule has 0 spiro atoms. The number of carbonyl (C=O) groups is 4. The van der Waals surface area contributed by atoms with Crippen LogP contribution < -0.4 is 20.7 Å². The van der Waals surface area contributed by atoms with Gasteiger partial charge in [0.05, 0.1) is 19.2 Å². The molecule has 9 nitrogen and oxygen atoms in total. The van der Waals surface area contributed by atoms with Crippen LogP contribution in [0.4, 0.5) is 16.2 Å². The molecule has 31 heavy (non-hydrogen) atoms. The average Bonchev–Trinajstić information content (AvgIpc) is 2.99. The second kappa shape index (κ2) is 9.75. The highest BCUT2D eigenvalue weighted by Gasteiger charge is 2.38. The molecule has 0 bridgehead atoms. The Hall–Kier alpha value is -3.88. The SMILES string of the molecule is COc1ccc(NC(C)=O)cc1NC(=O)C[C@@H]1NC(=O)N(CCc2ccccc2)C1=O. The molecule has 2 aromatic carbocycles. The van der Waals surface area contributed by atoms with Crippen molar-refractivity contribution in [3.05, 3.63) is 54.1 Å². The summed E-state index contributed by atoms with van der Waals surface area (Å²) in [7, 11) is 1.45. The number of carbonyl (C=O) groups excluding carboxylic acids is 4. The van der Waals surface area contributed by atoms with E-state index in [0.717, 1.165) is 10.5 Å². The molecule has 1 saturated heterocycles. The third-order valence-corrected chi connectivity index (χ3v) is 4.76. The Morgan fingerprint density at radius 2 is 1.84 bits per heavy atom. The minimum absolute atomic E-state index is 0.222. The lowest BCUT2D eigenvalue weighted by atomic mass is 10.1. The molecule has 3 N–H and O–H groups in total. The molecule has 9 heteroatoms. The van der Waals surface area contributed by atoms with E-state index in [4.69, 9.17) is 4.74 Å². The minimum Gasteiger partial charge on any atom is -0.495 e. The number of hydrogen-bond acceptors (Lipinski definition) is 5. The average molecular weight is 424 g/mol. The van der Waals surface area contributed by atoms with Gasteiger partial charge >= 0.3 is 6.03 Å². The van der Waals surface area contributed by atoms with Crippen molar-refractivity contribution in [3.63, 3.8) is 0 Å². The fourth-order valence-corrected chi connectivity index (χ4v) is 3.29. The van der Waals surface area contributed by atoms with Crippen molar-refractivity contribution in [2.45, 2.75) is 25.8 Å². The van der Waals surface area contributed by atoms with Crippen molar-refractivity contribution in [2.75, 3.05) is 24.3 Å². The Labute approximate surface area is 179 Å². The van der Waals surface area contributed by atoms with Gasteiger partial charge in [0.2, 0.25) is 11.8 Å². The van der Waals surface area contributed by atoms with Crippen LogP contribution in [0.2, 0.25) is 0 Å². The molecule has 3 rings (SSSR count).